The molecule has 1 aromatic carbocycles. The first-order valence-corrected chi connectivity index (χ1v) is 9.08. The van der Waals surface area contributed by atoms with Crippen LogP contribution in [0.25, 0.3) is 11.0 Å². The third-order valence-electron chi connectivity index (χ3n) is 4.98. The lowest BCUT2D eigenvalue weighted by Gasteiger charge is -2.11. The summed E-state index contributed by atoms with van der Waals surface area (Å²) in [4.78, 5) is 17.1. The number of hydrogen-bond acceptors (Lipinski definition) is 3. The molecule has 0 aliphatic heterocycles. The number of amides is 1. The Morgan fingerprint density at radius 2 is 1.81 bits per heavy atom. The van der Waals surface area contributed by atoms with Crippen molar-refractivity contribution in [3.63, 3.8) is 0 Å². The van der Waals surface area contributed by atoms with Gasteiger partial charge in [-0.2, -0.15) is 5.10 Å². The van der Waals surface area contributed by atoms with Crippen LogP contribution in [0.4, 0.5) is 5.69 Å². The van der Waals surface area contributed by atoms with E-state index in [1.165, 1.54) is 11.1 Å². The highest BCUT2D eigenvalue weighted by molar-refractivity contribution is 5.91. The molecule has 3 rings (SSSR count). The number of benzene rings is 1. The third-order valence-corrected chi connectivity index (χ3v) is 4.98. The maximum Gasteiger partial charge on any atom is 0.224 e. The van der Waals surface area contributed by atoms with E-state index in [1.54, 1.807) is 0 Å². The normalized spacial score (nSPS) is 11.1. The lowest BCUT2D eigenvalue weighted by Crippen LogP contribution is -2.13. The zero-order valence-electron chi connectivity index (χ0n) is 16.2. The van der Waals surface area contributed by atoms with Crippen molar-refractivity contribution < 1.29 is 4.79 Å². The SMILES string of the molecule is CCc1ccc(NC(=O)CCc2c(C)nc3c(c(C)nn3C)c2C)cc1. The van der Waals surface area contributed by atoms with Crippen LogP contribution in [0.2, 0.25) is 0 Å². The molecule has 2 aromatic heterocycles. The summed E-state index contributed by atoms with van der Waals surface area (Å²) in [6, 6.07) is 8.01. The Bertz CT molecular complexity index is 955. The average molecular weight is 350 g/mol. The summed E-state index contributed by atoms with van der Waals surface area (Å²) in [5.74, 6) is 0.0241. The van der Waals surface area contributed by atoms with Crippen molar-refractivity contribution in [2.75, 3.05) is 5.32 Å². The first kappa shape index (κ1) is 18.1. The number of carbonyl (C=O) groups excluding carboxylic acids is 1. The second-order valence-electron chi connectivity index (χ2n) is 6.81. The van der Waals surface area contributed by atoms with E-state index < -0.39 is 0 Å². The molecule has 0 saturated carbocycles. The average Bonchev–Trinajstić information content (AvgIpc) is 2.89. The Kier molecular flexibility index (Phi) is 5.07. The lowest BCUT2D eigenvalue weighted by molar-refractivity contribution is -0.116. The summed E-state index contributed by atoms with van der Waals surface area (Å²) in [6.45, 7) is 8.23. The Morgan fingerprint density at radius 3 is 2.46 bits per heavy atom. The Hall–Kier alpha value is -2.69. The molecule has 5 nitrogen and oxygen atoms in total. The summed E-state index contributed by atoms with van der Waals surface area (Å²) in [6.07, 6.45) is 2.10. The number of nitrogens with one attached hydrogen (secondary N) is 1. The van der Waals surface area contributed by atoms with Crippen molar-refractivity contribution in [1.29, 1.82) is 0 Å². The third kappa shape index (κ3) is 3.47. The van der Waals surface area contributed by atoms with Crippen LogP contribution >= 0.6 is 0 Å². The highest BCUT2D eigenvalue weighted by Crippen LogP contribution is 2.26. The zero-order chi connectivity index (χ0) is 18.8. The standard InChI is InChI=1S/C21H26N4O/c1-6-16-7-9-17(10-8-16)23-19(26)12-11-18-13(2)20-15(4)24-25(5)21(20)22-14(18)3/h7-10H,6,11-12H2,1-5H3,(H,23,26). The number of anilines is 1. The fraction of sp³-hybridized carbons (Fsp3) is 0.381. The number of rotatable bonds is 5. The van der Waals surface area contributed by atoms with Gasteiger partial charge in [-0.05, 0) is 62.4 Å². The van der Waals surface area contributed by atoms with Crippen molar-refractivity contribution in [1.82, 2.24) is 14.8 Å². The second kappa shape index (κ2) is 7.28. The van der Waals surface area contributed by atoms with Crippen LogP contribution in [0.1, 0.15) is 41.4 Å². The molecule has 1 N–H and O–H groups in total. The molecule has 0 aliphatic carbocycles. The molecule has 0 atom stereocenters. The van der Waals surface area contributed by atoms with Gasteiger partial charge in [0.25, 0.3) is 0 Å². The van der Waals surface area contributed by atoms with Crippen molar-refractivity contribution in [2.45, 2.75) is 47.0 Å². The molecule has 0 saturated heterocycles. The maximum atomic E-state index is 12.3. The van der Waals surface area contributed by atoms with Gasteiger partial charge in [-0.1, -0.05) is 19.1 Å². The Morgan fingerprint density at radius 1 is 1.12 bits per heavy atom. The van der Waals surface area contributed by atoms with Gasteiger partial charge in [-0.3, -0.25) is 9.48 Å². The molecule has 3 aromatic rings. The monoisotopic (exact) mass is 350 g/mol. The van der Waals surface area contributed by atoms with Gasteiger partial charge in [-0.25, -0.2) is 4.98 Å². The van der Waals surface area contributed by atoms with E-state index in [9.17, 15) is 4.79 Å². The van der Waals surface area contributed by atoms with Gasteiger partial charge in [0.2, 0.25) is 5.91 Å². The molecule has 0 unspecified atom stereocenters. The number of hydrogen-bond donors (Lipinski definition) is 1. The number of nitrogens with zero attached hydrogens (tertiary/aromatic N) is 3. The molecular formula is C21H26N4O. The van der Waals surface area contributed by atoms with Gasteiger partial charge >= 0.3 is 0 Å². The van der Waals surface area contributed by atoms with Crippen molar-refractivity contribution in [3.8, 4) is 0 Å². The fourth-order valence-corrected chi connectivity index (χ4v) is 3.52. The molecule has 1 amide bonds. The van der Waals surface area contributed by atoms with Crippen molar-refractivity contribution in [3.05, 3.63) is 52.3 Å². The van der Waals surface area contributed by atoms with Crippen LogP contribution < -0.4 is 5.32 Å². The molecule has 26 heavy (non-hydrogen) atoms. The quantitative estimate of drug-likeness (QED) is 0.756. The Balaban J connectivity index is 1.74. The topological polar surface area (TPSA) is 59.8 Å². The number of aromatic nitrogens is 3. The minimum atomic E-state index is 0.0241. The number of pyridine rings is 1. The van der Waals surface area contributed by atoms with E-state index in [-0.39, 0.29) is 5.91 Å². The minimum Gasteiger partial charge on any atom is -0.326 e. The zero-order valence-corrected chi connectivity index (χ0v) is 16.2. The number of carbonyl (C=O) groups is 1. The van der Waals surface area contributed by atoms with Crippen molar-refractivity contribution >= 4 is 22.6 Å². The summed E-state index contributed by atoms with van der Waals surface area (Å²) in [5, 5.41) is 8.55. The predicted molar refractivity (Wildman–Crippen MR) is 105 cm³/mol. The molecule has 136 valence electrons. The van der Waals surface area contributed by atoms with E-state index >= 15 is 0 Å². The molecule has 2 heterocycles. The molecule has 0 aliphatic rings. The van der Waals surface area contributed by atoms with Crippen molar-refractivity contribution in [2.24, 2.45) is 7.05 Å². The number of fused-ring (bicyclic) bond motifs is 1. The van der Waals surface area contributed by atoms with E-state index in [0.717, 1.165) is 40.1 Å². The van der Waals surface area contributed by atoms with E-state index in [1.807, 2.05) is 49.8 Å². The van der Waals surface area contributed by atoms with Crippen LogP contribution in [0.15, 0.2) is 24.3 Å². The smallest absolute Gasteiger partial charge is 0.224 e. The van der Waals surface area contributed by atoms with E-state index in [2.05, 4.69) is 24.3 Å². The van der Waals surface area contributed by atoms with Crippen LogP contribution in [0.5, 0.6) is 0 Å². The van der Waals surface area contributed by atoms with Gasteiger partial charge in [0.05, 0.1) is 5.69 Å². The van der Waals surface area contributed by atoms with E-state index in [4.69, 9.17) is 4.98 Å². The van der Waals surface area contributed by atoms with Gasteiger partial charge < -0.3 is 5.32 Å². The number of aryl methyl sites for hydroxylation is 5. The Labute approximate surface area is 154 Å². The van der Waals surface area contributed by atoms with E-state index in [0.29, 0.717) is 12.8 Å². The summed E-state index contributed by atoms with van der Waals surface area (Å²) in [5.41, 5.74) is 7.29. The fourth-order valence-electron chi connectivity index (χ4n) is 3.52. The van der Waals surface area contributed by atoms with Gasteiger partial charge in [0.15, 0.2) is 5.65 Å². The largest absolute Gasteiger partial charge is 0.326 e. The molecule has 0 fully saturated rings. The summed E-state index contributed by atoms with van der Waals surface area (Å²) in [7, 11) is 1.91. The minimum absolute atomic E-state index is 0.0241. The molecule has 0 bridgehead atoms. The van der Waals surface area contributed by atoms with Crippen LogP contribution in [-0.2, 0) is 24.7 Å². The first-order chi connectivity index (χ1) is 12.4. The molecule has 5 heteroatoms. The molecular weight excluding hydrogens is 324 g/mol. The van der Waals surface area contributed by atoms with Gasteiger partial charge in [0, 0.05) is 30.2 Å². The van der Waals surface area contributed by atoms with Crippen LogP contribution in [0, 0.1) is 20.8 Å². The predicted octanol–water partition coefficient (Wildman–Crippen LogP) is 4.03. The summed E-state index contributed by atoms with van der Waals surface area (Å²) >= 11 is 0. The second-order valence-corrected chi connectivity index (χ2v) is 6.81. The van der Waals surface area contributed by atoms with Gasteiger partial charge in [-0.15, -0.1) is 0 Å². The lowest BCUT2D eigenvalue weighted by atomic mass is 9.99. The maximum absolute atomic E-state index is 12.3. The molecule has 0 spiro atoms. The van der Waals surface area contributed by atoms with Crippen LogP contribution in [-0.4, -0.2) is 20.7 Å². The molecule has 0 radical (unpaired) electrons. The highest BCUT2D eigenvalue weighted by atomic mass is 16.1. The van der Waals surface area contributed by atoms with Crippen LogP contribution in [0.3, 0.4) is 0 Å². The first-order valence-electron chi connectivity index (χ1n) is 9.08. The summed E-state index contributed by atoms with van der Waals surface area (Å²) < 4.78 is 1.82. The van der Waals surface area contributed by atoms with Gasteiger partial charge in [0.1, 0.15) is 0 Å². The highest BCUT2D eigenvalue weighted by Gasteiger charge is 2.16.